The van der Waals surface area contributed by atoms with Gasteiger partial charge in [0.1, 0.15) is 0 Å². The molecule has 0 aliphatic carbocycles. The Hall–Kier alpha value is -0.650. The van der Waals surface area contributed by atoms with E-state index in [-0.39, 0.29) is 24.8 Å². The molecule has 1 heterocycles. The summed E-state index contributed by atoms with van der Waals surface area (Å²) in [7, 11) is 3.49. The predicted molar refractivity (Wildman–Crippen MR) is 62.5 cm³/mol. The summed E-state index contributed by atoms with van der Waals surface area (Å²) in [5.41, 5.74) is 6.30. The molecule has 0 unspecified atom stereocenters. The van der Waals surface area contributed by atoms with Gasteiger partial charge in [0.2, 0.25) is 0 Å². The summed E-state index contributed by atoms with van der Waals surface area (Å²) in [6, 6.07) is 0. The van der Waals surface area contributed by atoms with Crippen molar-refractivity contribution >= 4 is 36.3 Å². The van der Waals surface area contributed by atoms with Gasteiger partial charge in [0.15, 0.2) is 5.82 Å². The van der Waals surface area contributed by atoms with E-state index in [2.05, 4.69) is 10.4 Å². The van der Waals surface area contributed by atoms with Gasteiger partial charge >= 0.3 is 0 Å². The van der Waals surface area contributed by atoms with Gasteiger partial charge in [0.05, 0.1) is 12.3 Å². The van der Waals surface area contributed by atoms with E-state index < -0.39 is 0 Å². The number of ether oxygens (including phenoxy) is 1. The fourth-order valence-electron chi connectivity index (χ4n) is 0.916. The topological polar surface area (TPSA) is 65.1 Å². The maximum Gasteiger partial charge on any atom is 0.171 e. The molecule has 5 nitrogen and oxygen atoms in total. The highest BCUT2D eigenvalue weighted by Gasteiger charge is 2.01. The second-order valence-corrected chi connectivity index (χ2v) is 2.53. The van der Waals surface area contributed by atoms with Gasteiger partial charge in [0, 0.05) is 26.9 Å². The quantitative estimate of drug-likeness (QED) is 0.771. The number of aryl methyl sites for hydroxylation is 1. The minimum absolute atomic E-state index is 0. The zero-order valence-corrected chi connectivity index (χ0v) is 9.82. The van der Waals surface area contributed by atoms with Crippen LogP contribution in [0.2, 0.25) is 0 Å². The predicted octanol–water partition coefficient (Wildman–Crippen LogP) is 0.904. The summed E-state index contributed by atoms with van der Waals surface area (Å²) < 4.78 is 6.54. The Morgan fingerprint density at radius 1 is 1.57 bits per heavy atom. The number of halogens is 2. The van der Waals surface area contributed by atoms with Crippen LogP contribution in [-0.2, 0) is 11.8 Å². The molecule has 14 heavy (non-hydrogen) atoms. The van der Waals surface area contributed by atoms with Crippen LogP contribution in [0.4, 0.5) is 11.5 Å². The van der Waals surface area contributed by atoms with Crippen molar-refractivity contribution in [3.63, 3.8) is 0 Å². The summed E-state index contributed by atoms with van der Waals surface area (Å²) in [5, 5.41) is 7.16. The number of nitrogens with two attached hydrogens (primary N) is 1. The van der Waals surface area contributed by atoms with E-state index in [4.69, 9.17) is 10.5 Å². The molecule has 7 heteroatoms. The van der Waals surface area contributed by atoms with Crippen LogP contribution in [0.5, 0.6) is 0 Å². The van der Waals surface area contributed by atoms with E-state index in [1.54, 1.807) is 18.0 Å². The van der Waals surface area contributed by atoms with Gasteiger partial charge < -0.3 is 15.8 Å². The summed E-state index contributed by atoms with van der Waals surface area (Å²) in [6.45, 7) is 1.37. The van der Waals surface area contributed by atoms with Crippen LogP contribution in [0.15, 0.2) is 6.20 Å². The second kappa shape index (κ2) is 7.73. The summed E-state index contributed by atoms with van der Waals surface area (Å²) in [5.74, 6) is 0.717. The van der Waals surface area contributed by atoms with Crippen LogP contribution in [0.25, 0.3) is 0 Å². The molecule has 0 aliphatic rings. The fraction of sp³-hybridized carbons (Fsp3) is 0.571. The van der Waals surface area contributed by atoms with E-state index in [1.807, 2.05) is 7.05 Å². The number of methoxy groups -OCH3 is 1. The van der Waals surface area contributed by atoms with E-state index in [0.29, 0.717) is 12.3 Å². The van der Waals surface area contributed by atoms with E-state index >= 15 is 0 Å². The van der Waals surface area contributed by atoms with E-state index in [1.165, 1.54) is 0 Å². The molecule has 1 rings (SSSR count). The SMILES string of the molecule is COCCNc1nn(C)cc1N.Cl.Cl. The first-order valence-electron chi connectivity index (χ1n) is 3.76. The normalized spacial score (nSPS) is 8.71. The van der Waals surface area contributed by atoms with E-state index in [9.17, 15) is 0 Å². The van der Waals surface area contributed by atoms with E-state index in [0.717, 1.165) is 12.4 Å². The van der Waals surface area contributed by atoms with Gasteiger partial charge in [-0.3, -0.25) is 4.68 Å². The Kier molecular flexibility index (Phi) is 8.72. The van der Waals surface area contributed by atoms with Crippen molar-refractivity contribution in [3.05, 3.63) is 6.20 Å². The minimum Gasteiger partial charge on any atom is -0.394 e. The minimum atomic E-state index is 0. The molecule has 84 valence electrons. The molecular weight excluding hydrogens is 227 g/mol. The van der Waals surface area contributed by atoms with Gasteiger partial charge in [-0.1, -0.05) is 0 Å². The number of rotatable bonds is 4. The molecule has 1 aromatic rings. The number of nitrogen functional groups attached to an aromatic ring is 1. The highest BCUT2D eigenvalue weighted by Crippen LogP contribution is 2.13. The van der Waals surface area contributed by atoms with Crippen LogP contribution in [0, 0.1) is 0 Å². The van der Waals surface area contributed by atoms with Crippen LogP contribution in [0.1, 0.15) is 0 Å². The third-order valence-electron chi connectivity index (χ3n) is 1.46. The third kappa shape index (κ3) is 4.55. The maximum absolute atomic E-state index is 5.64. The number of aromatic nitrogens is 2. The zero-order valence-electron chi connectivity index (χ0n) is 8.19. The lowest BCUT2D eigenvalue weighted by Crippen LogP contribution is -2.09. The summed E-state index contributed by atoms with van der Waals surface area (Å²) in [6.07, 6.45) is 1.76. The fourth-order valence-corrected chi connectivity index (χ4v) is 0.916. The molecule has 0 spiro atoms. The summed E-state index contributed by atoms with van der Waals surface area (Å²) >= 11 is 0. The standard InChI is InChI=1S/C7H14N4O.2ClH/c1-11-5-6(8)7(10-11)9-3-4-12-2;;/h5H,3-4,8H2,1-2H3,(H,9,10);2*1H. The molecule has 0 bridgehead atoms. The highest BCUT2D eigenvalue weighted by atomic mass is 35.5. The third-order valence-corrected chi connectivity index (χ3v) is 1.46. The highest BCUT2D eigenvalue weighted by molar-refractivity contribution is 5.85. The Labute approximate surface area is 95.8 Å². The average molecular weight is 243 g/mol. The van der Waals surface area contributed by atoms with Crippen molar-refractivity contribution in [2.45, 2.75) is 0 Å². The lowest BCUT2D eigenvalue weighted by molar-refractivity contribution is 0.210. The number of hydrogen-bond donors (Lipinski definition) is 2. The van der Waals surface area contributed by atoms with Crippen molar-refractivity contribution in [1.82, 2.24) is 9.78 Å². The molecule has 0 aromatic carbocycles. The molecule has 0 amide bonds. The number of nitrogens with zero attached hydrogens (tertiary/aromatic N) is 2. The van der Waals surface area contributed by atoms with Crippen LogP contribution < -0.4 is 11.1 Å². The first-order chi connectivity index (χ1) is 5.74. The van der Waals surface area contributed by atoms with Crippen molar-refractivity contribution < 1.29 is 4.74 Å². The largest absolute Gasteiger partial charge is 0.394 e. The van der Waals surface area contributed by atoms with Crippen LogP contribution >= 0.6 is 24.8 Å². The van der Waals surface area contributed by atoms with Crippen LogP contribution in [0.3, 0.4) is 0 Å². The number of hydrogen-bond acceptors (Lipinski definition) is 4. The molecule has 0 atom stereocenters. The lowest BCUT2D eigenvalue weighted by Gasteiger charge is -2.01. The molecule has 0 fully saturated rings. The molecule has 0 saturated carbocycles. The van der Waals surface area contributed by atoms with Crippen molar-refractivity contribution in [1.29, 1.82) is 0 Å². The van der Waals surface area contributed by atoms with Gasteiger partial charge in [0.25, 0.3) is 0 Å². The number of anilines is 2. The van der Waals surface area contributed by atoms with Crippen molar-refractivity contribution in [2.75, 3.05) is 31.3 Å². The molecular formula is C7H16Cl2N4O. The number of nitrogens with one attached hydrogen (secondary N) is 1. The second-order valence-electron chi connectivity index (χ2n) is 2.53. The van der Waals surface area contributed by atoms with Crippen molar-refractivity contribution in [3.8, 4) is 0 Å². The molecule has 0 saturated heterocycles. The Bertz CT molecular complexity index is 254. The Morgan fingerprint density at radius 2 is 2.21 bits per heavy atom. The molecule has 0 aliphatic heterocycles. The molecule has 3 N–H and O–H groups in total. The van der Waals surface area contributed by atoms with Gasteiger partial charge in [-0.15, -0.1) is 24.8 Å². The Morgan fingerprint density at radius 3 is 2.64 bits per heavy atom. The zero-order chi connectivity index (χ0) is 8.97. The molecule has 0 radical (unpaired) electrons. The first kappa shape index (κ1) is 15.8. The smallest absolute Gasteiger partial charge is 0.171 e. The maximum atomic E-state index is 5.64. The van der Waals surface area contributed by atoms with Gasteiger partial charge in [-0.2, -0.15) is 5.10 Å². The van der Waals surface area contributed by atoms with Crippen molar-refractivity contribution in [2.24, 2.45) is 7.05 Å². The Balaban J connectivity index is 0. The monoisotopic (exact) mass is 242 g/mol. The van der Waals surface area contributed by atoms with Gasteiger partial charge in [-0.05, 0) is 0 Å². The average Bonchev–Trinajstić information content (AvgIpc) is 2.31. The van der Waals surface area contributed by atoms with Crippen LogP contribution in [-0.4, -0.2) is 30.0 Å². The lowest BCUT2D eigenvalue weighted by atomic mass is 10.5. The first-order valence-corrected chi connectivity index (χ1v) is 3.76. The van der Waals surface area contributed by atoms with Gasteiger partial charge in [-0.25, -0.2) is 0 Å². The molecule has 1 aromatic heterocycles. The summed E-state index contributed by atoms with van der Waals surface area (Å²) in [4.78, 5) is 0.